The van der Waals surface area contributed by atoms with Gasteiger partial charge in [0, 0.05) is 13.0 Å². The Morgan fingerprint density at radius 2 is 2.05 bits per heavy atom. The molecule has 0 aliphatic heterocycles. The van der Waals surface area contributed by atoms with Crippen LogP contribution in [-0.2, 0) is 19.1 Å². The van der Waals surface area contributed by atoms with E-state index in [-0.39, 0.29) is 36.7 Å². The Kier molecular flexibility index (Phi) is 6.42. The van der Waals surface area contributed by atoms with Gasteiger partial charge in [-0.05, 0) is 32.2 Å². The molecule has 0 aromatic carbocycles. The van der Waals surface area contributed by atoms with E-state index in [0.717, 1.165) is 19.3 Å². The molecule has 0 bridgehead atoms. The number of nitrogens with two attached hydrogens (primary N) is 1. The van der Waals surface area contributed by atoms with Gasteiger partial charge >= 0.3 is 5.97 Å². The highest BCUT2D eigenvalue weighted by Crippen LogP contribution is 2.31. The average Bonchev–Trinajstić information content (AvgIpc) is 2.86. The molecule has 1 fully saturated rings. The van der Waals surface area contributed by atoms with Crippen LogP contribution in [0, 0.1) is 11.8 Å². The fourth-order valence-electron chi connectivity index (χ4n) is 2.89. The van der Waals surface area contributed by atoms with Gasteiger partial charge < -0.3 is 20.5 Å². The number of esters is 1. The van der Waals surface area contributed by atoms with Crippen molar-refractivity contribution in [2.45, 2.75) is 38.1 Å². The molecular weight excluding hydrogens is 260 g/mol. The maximum Gasteiger partial charge on any atom is 0.307 e. The van der Waals surface area contributed by atoms with Crippen LogP contribution in [-0.4, -0.2) is 44.8 Å². The molecule has 6 heteroatoms. The molecule has 1 aliphatic rings. The van der Waals surface area contributed by atoms with Crippen molar-refractivity contribution in [1.29, 1.82) is 0 Å². The molecule has 116 valence electrons. The summed E-state index contributed by atoms with van der Waals surface area (Å²) in [6.07, 6.45) is 2.96. The summed E-state index contributed by atoms with van der Waals surface area (Å²) in [4.78, 5) is 23.9. The number of ether oxygens (including phenoxy) is 2. The molecular formula is C14H26N2O4. The topological polar surface area (TPSA) is 90.6 Å². The molecule has 1 aliphatic carbocycles. The van der Waals surface area contributed by atoms with Gasteiger partial charge in [-0.15, -0.1) is 0 Å². The first-order chi connectivity index (χ1) is 9.45. The van der Waals surface area contributed by atoms with Crippen molar-refractivity contribution in [1.82, 2.24) is 5.32 Å². The average molecular weight is 286 g/mol. The van der Waals surface area contributed by atoms with Crippen LogP contribution >= 0.6 is 0 Å². The highest BCUT2D eigenvalue weighted by molar-refractivity contribution is 5.81. The highest BCUT2D eigenvalue weighted by atomic mass is 16.5. The molecule has 0 aromatic heterocycles. The van der Waals surface area contributed by atoms with Gasteiger partial charge in [0.25, 0.3) is 0 Å². The van der Waals surface area contributed by atoms with Crippen molar-refractivity contribution in [3.05, 3.63) is 0 Å². The van der Waals surface area contributed by atoms with Gasteiger partial charge in [-0.1, -0.05) is 6.42 Å². The van der Waals surface area contributed by atoms with Gasteiger partial charge in [-0.3, -0.25) is 9.59 Å². The van der Waals surface area contributed by atoms with Crippen molar-refractivity contribution >= 4 is 11.9 Å². The second-order valence-electron chi connectivity index (χ2n) is 5.77. The van der Waals surface area contributed by atoms with E-state index in [1.54, 1.807) is 14.0 Å². The van der Waals surface area contributed by atoms with E-state index in [4.69, 9.17) is 10.5 Å². The van der Waals surface area contributed by atoms with E-state index >= 15 is 0 Å². The van der Waals surface area contributed by atoms with Crippen LogP contribution in [0.4, 0.5) is 0 Å². The molecule has 3 atom stereocenters. The maximum absolute atomic E-state index is 12.4. The van der Waals surface area contributed by atoms with E-state index in [2.05, 4.69) is 10.1 Å². The van der Waals surface area contributed by atoms with E-state index in [0.29, 0.717) is 6.54 Å². The van der Waals surface area contributed by atoms with E-state index in [1.165, 1.54) is 7.11 Å². The number of carbonyl (C=O) groups excluding carboxylic acids is 2. The minimum atomic E-state index is -0.749. The number of nitrogens with one attached hydrogen (secondary N) is 1. The van der Waals surface area contributed by atoms with Crippen LogP contribution in [0.15, 0.2) is 0 Å². The Morgan fingerprint density at radius 3 is 2.60 bits per heavy atom. The molecule has 1 saturated carbocycles. The largest absolute Gasteiger partial charge is 0.469 e. The van der Waals surface area contributed by atoms with Gasteiger partial charge in [0.05, 0.1) is 25.7 Å². The minimum absolute atomic E-state index is 0.0404. The summed E-state index contributed by atoms with van der Waals surface area (Å²) >= 11 is 0. The maximum atomic E-state index is 12.4. The summed E-state index contributed by atoms with van der Waals surface area (Å²) in [6.45, 7) is 2.57. The fraction of sp³-hybridized carbons (Fsp3) is 0.857. The Hall–Kier alpha value is -1.14. The molecule has 0 heterocycles. The number of hydrogen-bond donors (Lipinski definition) is 2. The van der Waals surface area contributed by atoms with Crippen molar-refractivity contribution in [2.75, 3.05) is 27.4 Å². The first kappa shape index (κ1) is 16.9. The normalized spacial score (nSPS) is 25.0. The number of methoxy groups -OCH3 is 2. The van der Waals surface area contributed by atoms with E-state index < -0.39 is 5.54 Å². The van der Waals surface area contributed by atoms with Gasteiger partial charge in [0.15, 0.2) is 0 Å². The lowest BCUT2D eigenvalue weighted by molar-refractivity contribution is -0.143. The van der Waals surface area contributed by atoms with Crippen molar-refractivity contribution in [2.24, 2.45) is 17.6 Å². The first-order valence-electron chi connectivity index (χ1n) is 7.03. The summed E-state index contributed by atoms with van der Waals surface area (Å²) in [5.41, 5.74) is 4.96. The third-order valence-electron chi connectivity index (χ3n) is 3.95. The molecule has 1 amide bonds. The Balaban J connectivity index is 2.69. The zero-order chi connectivity index (χ0) is 15.2. The molecule has 0 radical (unpaired) electrons. The number of amides is 1. The highest BCUT2D eigenvalue weighted by Gasteiger charge is 2.37. The lowest BCUT2D eigenvalue weighted by Gasteiger charge is -2.31. The van der Waals surface area contributed by atoms with E-state index in [1.807, 2.05) is 0 Å². The van der Waals surface area contributed by atoms with Gasteiger partial charge in [0.1, 0.15) is 0 Å². The van der Waals surface area contributed by atoms with Gasteiger partial charge in [-0.25, -0.2) is 0 Å². The predicted molar refractivity (Wildman–Crippen MR) is 74.9 cm³/mol. The third kappa shape index (κ3) is 4.45. The number of carbonyl (C=O) groups is 2. The van der Waals surface area contributed by atoms with Crippen LogP contribution in [0.1, 0.15) is 32.6 Å². The quantitative estimate of drug-likeness (QED) is 0.663. The van der Waals surface area contributed by atoms with Gasteiger partial charge in [-0.2, -0.15) is 0 Å². The molecule has 20 heavy (non-hydrogen) atoms. The van der Waals surface area contributed by atoms with Crippen LogP contribution in [0.25, 0.3) is 0 Å². The fourth-order valence-corrected chi connectivity index (χ4v) is 2.89. The molecule has 0 spiro atoms. The molecule has 6 nitrogen and oxygen atoms in total. The summed E-state index contributed by atoms with van der Waals surface area (Å²) in [6, 6.07) is 0. The van der Waals surface area contributed by atoms with Crippen LogP contribution in [0.3, 0.4) is 0 Å². The number of hydrogen-bond acceptors (Lipinski definition) is 5. The smallest absolute Gasteiger partial charge is 0.307 e. The zero-order valence-corrected chi connectivity index (χ0v) is 12.6. The standard InChI is InChI=1S/C14H26N2O4/c1-14(9-19-2,7-12(17)20-3)16-13(18)11-6-4-5-10(11)8-15/h10-11H,4-9,15H2,1-3H3,(H,16,18)/t10-,11-,14?/m1/s1. The molecule has 1 unspecified atom stereocenters. The van der Waals surface area contributed by atoms with Crippen molar-refractivity contribution < 1.29 is 19.1 Å². The van der Waals surface area contributed by atoms with Crippen LogP contribution in [0.5, 0.6) is 0 Å². The van der Waals surface area contributed by atoms with Gasteiger partial charge in [0.2, 0.25) is 5.91 Å². The summed E-state index contributed by atoms with van der Waals surface area (Å²) in [5.74, 6) is -0.234. The zero-order valence-electron chi connectivity index (χ0n) is 12.6. The van der Waals surface area contributed by atoms with Crippen molar-refractivity contribution in [3.63, 3.8) is 0 Å². The second kappa shape index (κ2) is 7.59. The third-order valence-corrected chi connectivity index (χ3v) is 3.95. The number of rotatable bonds is 7. The summed E-state index contributed by atoms with van der Waals surface area (Å²) < 4.78 is 9.80. The van der Waals surface area contributed by atoms with E-state index in [9.17, 15) is 9.59 Å². The molecule has 0 aromatic rings. The Labute approximate surface area is 120 Å². The molecule has 0 saturated heterocycles. The lowest BCUT2D eigenvalue weighted by atomic mass is 9.92. The van der Waals surface area contributed by atoms with Crippen LogP contribution in [0.2, 0.25) is 0 Å². The minimum Gasteiger partial charge on any atom is -0.469 e. The van der Waals surface area contributed by atoms with Crippen LogP contribution < -0.4 is 11.1 Å². The molecule has 1 rings (SSSR count). The monoisotopic (exact) mass is 286 g/mol. The van der Waals surface area contributed by atoms with Crippen molar-refractivity contribution in [3.8, 4) is 0 Å². The second-order valence-corrected chi connectivity index (χ2v) is 5.77. The first-order valence-corrected chi connectivity index (χ1v) is 7.03. The molecule has 3 N–H and O–H groups in total. The summed E-state index contributed by atoms with van der Waals surface area (Å²) in [7, 11) is 2.87. The Bertz CT molecular complexity index is 348. The summed E-state index contributed by atoms with van der Waals surface area (Å²) in [5, 5.41) is 2.95. The predicted octanol–water partition coefficient (Wildman–Crippen LogP) is 0.446. The SMILES string of the molecule is COCC(C)(CC(=O)OC)NC(=O)[C@@H]1CCC[C@@H]1CN. The Morgan fingerprint density at radius 1 is 1.35 bits per heavy atom. The lowest BCUT2D eigenvalue weighted by Crippen LogP contribution is -2.53.